The maximum absolute atomic E-state index is 6.92. The van der Waals surface area contributed by atoms with Crippen molar-refractivity contribution in [2.24, 2.45) is 5.73 Å². The van der Waals surface area contributed by atoms with Crippen LogP contribution in [-0.2, 0) is 11.0 Å². The predicted molar refractivity (Wildman–Crippen MR) is 135 cm³/mol. The van der Waals surface area contributed by atoms with Crippen molar-refractivity contribution in [3.8, 4) is 33.4 Å². The van der Waals surface area contributed by atoms with E-state index in [9.17, 15) is 0 Å². The minimum atomic E-state index is -0.476. The minimum Gasteiger partial charge on any atom is -0.318 e. The van der Waals surface area contributed by atoms with Gasteiger partial charge in [0.25, 0.3) is 0 Å². The molecule has 1 heteroatoms. The van der Waals surface area contributed by atoms with Crippen molar-refractivity contribution in [2.75, 3.05) is 0 Å². The molecule has 2 N–H and O–H groups in total. The first kappa shape index (κ1) is 19.5. The molecule has 0 aromatic heterocycles. The Bertz CT molecular complexity index is 1320. The fourth-order valence-corrected chi connectivity index (χ4v) is 5.89. The highest BCUT2D eigenvalue weighted by Gasteiger charge is 2.37. The Balaban J connectivity index is 1.49. The van der Waals surface area contributed by atoms with Gasteiger partial charge in [-0.05, 0) is 88.5 Å². The standard InChI is InChI=1S/C31H29N/c1-18-6-10-22-23-12-8-20(16-27(23)30(3,4)26(22)14-18)21-9-13-25-24-11-7-19(2)15-28(24)31(5,32)29(25)17-21/h6-17H,32H2,1-5H3. The van der Waals surface area contributed by atoms with Gasteiger partial charge in [-0.3, -0.25) is 0 Å². The molecule has 1 unspecified atom stereocenters. The second kappa shape index (κ2) is 6.21. The molecule has 2 aliphatic carbocycles. The van der Waals surface area contributed by atoms with Gasteiger partial charge in [-0.25, -0.2) is 0 Å². The van der Waals surface area contributed by atoms with Gasteiger partial charge in [0, 0.05) is 5.41 Å². The summed E-state index contributed by atoms with van der Waals surface area (Å²) in [5.41, 5.74) is 22.1. The molecule has 4 aromatic rings. The van der Waals surface area contributed by atoms with E-state index in [-0.39, 0.29) is 5.41 Å². The summed E-state index contributed by atoms with van der Waals surface area (Å²) < 4.78 is 0. The molecule has 1 atom stereocenters. The molecule has 0 saturated heterocycles. The molecule has 0 fully saturated rings. The largest absolute Gasteiger partial charge is 0.318 e. The minimum absolute atomic E-state index is 0.000427. The average molecular weight is 416 g/mol. The van der Waals surface area contributed by atoms with Gasteiger partial charge in [0.1, 0.15) is 0 Å². The fraction of sp³-hybridized carbons (Fsp3) is 0.226. The molecule has 32 heavy (non-hydrogen) atoms. The summed E-state index contributed by atoms with van der Waals surface area (Å²) in [6.07, 6.45) is 0. The Kier molecular flexibility index (Phi) is 3.79. The molecule has 0 bridgehead atoms. The third-order valence-electron chi connectivity index (χ3n) is 7.77. The van der Waals surface area contributed by atoms with Crippen LogP contribution < -0.4 is 5.73 Å². The zero-order chi connectivity index (χ0) is 22.4. The predicted octanol–water partition coefficient (Wildman–Crippen LogP) is 7.48. The normalized spacial score (nSPS) is 19.3. The van der Waals surface area contributed by atoms with Gasteiger partial charge in [-0.1, -0.05) is 85.6 Å². The lowest BCUT2D eigenvalue weighted by Crippen LogP contribution is -2.31. The van der Waals surface area contributed by atoms with E-state index in [0.29, 0.717) is 0 Å². The molecule has 6 rings (SSSR count). The molecule has 0 saturated carbocycles. The summed E-state index contributed by atoms with van der Waals surface area (Å²) in [5.74, 6) is 0. The number of benzene rings is 4. The van der Waals surface area contributed by atoms with E-state index in [0.717, 1.165) is 0 Å². The lowest BCUT2D eigenvalue weighted by Gasteiger charge is -2.23. The molecule has 158 valence electrons. The van der Waals surface area contributed by atoms with Gasteiger partial charge in [0.15, 0.2) is 0 Å². The quantitative estimate of drug-likeness (QED) is 0.343. The number of nitrogens with two attached hydrogens (primary N) is 1. The highest BCUT2D eigenvalue weighted by Crippen LogP contribution is 2.51. The molecule has 0 amide bonds. The molecular formula is C31H29N. The molecule has 0 radical (unpaired) electrons. The van der Waals surface area contributed by atoms with Crippen molar-refractivity contribution in [3.05, 3.63) is 106 Å². The van der Waals surface area contributed by atoms with E-state index < -0.39 is 5.54 Å². The fourth-order valence-electron chi connectivity index (χ4n) is 5.89. The van der Waals surface area contributed by atoms with Crippen LogP contribution in [0.5, 0.6) is 0 Å². The monoisotopic (exact) mass is 415 g/mol. The first-order chi connectivity index (χ1) is 15.2. The third kappa shape index (κ3) is 2.49. The second-order valence-corrected chi connectivity index (χ2v) is 10.4. The Hall–Kier alpha value is -3.16. The highest BCUT2D eigenvalue weighted by molar-refractivity contribution is 5.86. The van der Waals surface area contributed by atoms with E-state index in [4.69, 9.17) is 5.73 Å². The van der Waals surface area contributed by atoms with Crippen LogP contribution in [0.1, 0.15) is 54.2 Å². The molecule has 0 heterocycles. The Morgan fingerprint density at radius 2 is 0.875 bits per heavy atom. The van der Waals surface area contributed by atoms with Crippen molar-refractivity contribution >= 4 is 0 Å². The van der Waals surface area contributed by atoms with E-state index in [1.165, 1.54) is 66.8 Å². The van der Waals surface area contributed by atoms with Crippen molar-refractivity contribution < 1.29 is 0 Å². The maximum Gasteiger partial charge on any atom is 0.0649 e. The van der Waals surface area contributed by atoms with Gasteiger partial charge < -0.3 is 5.73 Å². The van der Waals surface area contributed by atoms with Gasteiger partial charge in [-0.2, -0.15) is 0 Å². The van der Waals surface area contributed by atoms with Crippen LogP contribution in [-0.4, -0.2) is 0 Å². The van der Waals surface area contributed by atoms with Crippen LogP contribution in [0.3, 0.4) is 0 Å². The molecule has 0 aliphatic heterocycles. The lowest BCUT2D eigenvalue weighted by atomic mass is 9.81. The number of hydrogen-bond acceptors (Lipinski definition) is 1. The summed E-state index contributed by atoms with van der Waals surface area (Å²) in [6.45, 7) is 11.2. The van der Waals surface area contributed by atoms with Crippen LogP contribution in [0, 0.1) is 13.8 Å². The number of rotatable bonds is 1. The third-order valence-corrected chi connectivity index (χ3v) is 7.77. The number of fused-ring (bicyclic) bond motifs is 6. The van der Waals surface area contributed by atoms with E-state index in [2.05, 4.69) is 107 Å². The van der Waals surface area contributed by atoms with Gasteiger partial charge in [0.2, 0.25) is 0 Å². The maximum atomic E-state index is 6.92. The Labute approximate surface area is 190 Å². The average Bonchev–Trinajstić information content (AvgIpc) is 3.12. The Morgan fingerprint density at radius 1 is 0.500 bits per heavy atom. The van der Waals surface area contributed by atoms with Crippen LogP contribution in [0.4, 0.5) is 0 Å². The summed E-state index contributed by atoms with van der Waals surface area (Å²) in [5, 5.41) is 0. The second-order valence-electron chi connectivity index (χ2n) is 10.4. The van der Waals surface area contributed by atoms with Crippen molar-refractivity contribution in [3.63, 3.8) is 0 Å². The zero-order valence-electron chi connectivity index (χ0n) is 19.5. The zero-order valence-corrected chi connectivity index (χ0v) is 19.5. The number of aryl methyl sites for hydroxylation is 2. The smallest absolute Gasteiger partial charge is 0.0649 e. The van der Waals surface area contributed by atoms with Crippen LogP contribution >= 0.6 is 0 Å². The number of hydrogen-bond donors (Lipinski definition) is 1. The van der Waals surface area contributed by atoms with Gasteiger partial charge in [-0.15, -0.1) is 0 Å². The van der Waals surface area contributed by atoms with E-state index in [1.54, 1.807) is 0 Å². The van der Waals surface area contributed by atoms with Crippen LogP contribution in [0.2, 0.25) is 0 Å². The Morgan fingerprint density at radius 3 is 1.44 bits per heavy atom. The van der Waals surface area contributed by atoms with Crippen LogP contribution in [0.25, 0.3) is 33.4 Å². The van der Waals surface area contributed by atoms with Crippen molar-refractivity contribution in [2.45, 2.75) is 45.6 Å². The molecule has 2 aliphatic rings. The van der Waals surface area contributed by atoms with Crippen LogP contribution in [0.15, 0.2) is 72.8 Å². The summed E-state index contributed by atoms with van der Waals surface area (Å²) in [4.78, 5) is 0. The van der Waals surface area contributed by atoms with Gasteiger partial charge in [0.05, 0.1) is 5.54 Å². The topological polar surface area (TPSA) is 26.0 Å². The van der Waals surface area contributed by atoms with Crippen molar-refractivity contribution in [1.82, 2.24) is 0 Å². The SMILES string of the molecule is Cc1ccc2c(c1)C(C)(C)c1cc(-c3ccc4c(c3)C(C)(N)c3cc(C)ccc3-4)ccc1-2. The molecular weight excluding hydrogens is 386 g/mol. The van der Waals surface area contributed by atoms with E-state index >= 15 is 0 Å². The van der Waals surface area contributed by atoms with E-state index in [1.807, 2.05) is 0 Å². The molecule has 0 spiro atoms. The van der Waals surface area contributed by atoms with Crippen molar-refractivity contribution in [1.29, 1.82) is 0 Å². The molecule has 1 nitrogen and oxygen atoms in total. The molecule has 4 aromatic carbocycles. The summed E-state index contributed by atoms with van der Waals surface area (Å²) in [7, 11) is 0. The van der Waals surface area contributed by atoms with Gasteiger partial charge >= 0.3 is 0 Å². The summed E-state index contributed by atoms with van der Waals surface area (Å²) in [6, 6.07) is 27.3. The lowest BCUT2D eigenvalue weighted by molar-refractivity contribution is 0.620. The highest BCUT2D eigenvalue weighted by atomic mass is 14.7. The first-order valence-corrected chi connectivity index (χ1v) is 11.5. The summed E-state index contributed by atoms with van der Waals surface area (Å²) >= 11 is 0. The first-order valence-electron chi connectivity index (χ1n) is 11.5.